The lowest BCUT2D eigenvalue weighted by molar-refractivity contribution is -0.920. The highest BCUT2D eigenvalue weighted by Gasteiger charge is 2.28. The van der Waals surface area contributed by atoms with Crippen LogP contribution in [0.2, 0.25) is 0 Å². The van der Waals surface area contributed by atoms with E-state index in [9.17, 15) is 4.79 Å². The Balaban J connectivity index is 1.52. The number of nitrogens with two attached hydrogens (primary N) is 1. The van der Waals surface area contributed by atoms with Gasteiger partial charge >= 0.3 is 0 Å². The Bertz CT molecular complexity index is 1150. The summed E-state index contributed by atoms with van der Waals surface area (Å²) in [4.78, 5) is 14.3. The number of amides is 1. The molecule has 4 N–H and O–H groups in total. The monoisotopic (exact) mass is 466 g/mol. The van der Waals surface area contributed by atoms with Crippen molar-refractivity contribution in [3.8, 4) is 5.82 Å². The lowest BCUT2D eigenvalue weighted by Crippen LogP contribution is -3.11. The van der Waals surface area contributed by atoms with E-state index < -0.39 is 5.91 Å². The number of benzene rings is 1. The second kappa shape index (κ2) is 9.72. The summed E-state index contributed by atoms with van der Waals surface area (Å²) in [6, 6.07) is 8.06. The Morgan fingerprint density at radius 2 is 1.97 bits per heavy atom. The van der Waals surface area contributed by atoms with Crippen LogP contribution in [-0.4, -0.2) is 50.5 Å². The van der Waals surface area contributed by atoms with Crippen molar-refractivity contribution in [1.82, 2.24) is 30.7 Å². The van der Waals surface area contributed by atoms with Gasteiger partial charge in [-0.15, -0.1) is 5.10 Å². The van der Waals surface area contributed by atoms with Crippen molar-refractivity contribution in [2.45, 2.75) is 52.5 Å². The van der Waals surface area contributed by atoms with Gasteiger partial charge in [0.25, 0.3) is 5.91 Å². The van der Waals surface area contributed by atoms with E-state index >= 15 is 0 Å². The quantitative estimate of drug-likeness (QED) is 0.365. The molecule has 1 fully saturated rings. The van der Waals surface area contributed by atoms with Gasteiger partial charge in [-0.25, -0.2) is 10.1 Å². The molecule has 2 aromatic heterocycles. The number of rotatable bonds is 6. The van der Waals surface area contributed by atoms with Crippen LogP contribution in [-0.2, 0) is 12.0 Å². The molecule has 34 heavy (non-hydrogen) atoms. The number of nitrogens with one attached hydrogen (secondary N) is 2. The number of quaternary nitrogens is 1. The largest absolute Gasteiger partial charge is 0.378 e. The van der Waals surface area contributed by atoms with Crippen LogP contribution in [0.15, 0.2) is 34.0 Å². The number of carbonyl (C=O) groups is 1. The predicted molar refractivity (Wildman–Crippen MR) is 127 cm³/mol. The minimum Gasteiger partial charge on any atom is -0.378 e. The Kier molecular flexibility index (Phi) is 6.73. The second-order valence-electron chi connectivity index (χ2n) is 9.95. The summed E-state index contributed by atoms with van der Waals surface area (Å²) in [6.45, 7) is 11.3. The number of nitrogen functional groups attached to an aromatic ring is 1. The Hall–Kier alpha value is -3.60. The topological polar surface area (TPSA) is 142 Å². The zero-order valence-corrected chi connectivity index (χ0v) is 20.1. The molecule has 11 heteroatoms. The van der Waals surface area contributed by atoms with Crippen molar-refractivity contribution in [1.29, 1.82) is 0 Å². The van der Waals surface area contributed by atoms with Crippen molar-refractivity contribution in [3.63, 3.8) is 0 Å². The zero-order valence-electron chi connectivity index (χ0n) is 20.1. The van der Waals surface area contributed by atoms with Crippen LogP contribution in [0.25, 0.3) is 5.82 Å². The standard InChI is InChI=1S/C23H31N9O2/c1-15-9-11-31(12-10-15)14-18-19(26-30-32(18)21-20(24)28-34-29-21)22(33)27-25-13-16-5-7-17(8-6-16)23(2,3)4/h5-8,13,15H,9-12,14H2,1-4H3,(H2,24,28)(H,27,33)/p+1/b25-13-. The number of hydrogen-bond donors (Lipinski definition) is 3. The first-order valence-corrected chi connectivity index (χ1v) is 11.5. The number of hydrazone groups is 1. The molecule has 3 aromatic rings. The summed E-state index contributed by atoms with van der Waals surface area (Å²) in [5, 5.41) is 19.8. The molecule has 0 unspecified atom stereocenters. The lowest BCUT2D eigenvalue weighted by Gasteiger charge is -2.27. The number of hydrogen-bond acceptors (Lipinski definition) is 8. The number of nitrogens with zero attached hydrogens (tertiary/aromatic N) is 6. The van der Waals surface area contributed by atoms with Crippen LogP contribution in [0.4, 0.5) is 5.82 Å². The third kappa shape index (κ3) is 5.30. The minimum atomic E-state index is -0.455. The average Bonchev–Trinajstić information content (AvgIpc) is 3.40. The summed E-state index contributed by atoms with van der Waals surface area (Å²) >= 11 is 0. The molecule has 0 saturated carbocycles. The van der Waals surface area contributed by atoms with E-state index in [4.69, 9.17) is 10.4 Å². The molecule has 0 bridgehead atoms. The van der Waals surface area contributed by atoms with Crippen LogP contribution in [0.5, 0.6) is 0 Å². The molecule has 0 atom stereocenters. The number of aromatic nitrogens is 5. The summed E-state index contributed by atoms with van der Waals surface area (Å²) in [5.74, 6) is 0.547. The highest BCUT2D eigenvalue weighted by atomic mass is 16.6. The van der Waals surface area contributed by atoms with E-state index in [2.05, 4.69) is 71.0 Å². The zero-order chi connectivity index (χ0) is 24.3. The fourth-order valence-electron chi connectivity index (χ4n) is 4.02. The molecule has 0 spiro atoms. The van der Waals surface area contributed by atoms with Gasteiger partial charge in [-0.3, -0.25) is 4.79 Å². The maximum absolute atomic E-state index is 13.0. The summed E-state index contributed by atoms with van der Waals surface area (Å²) < 4.78 is 6.16. The molecule has 4 rings (SSSR count). The molecule has 0 aliphatic carbocycles. The van der Waals surface area contributed by atoms with E-state index in [1.165, 1.54) is 15.1 Å². The van der Waals surface area contributed by atoms with Crippen LogP contribution in [0.3, 0.4) is 0 Å². The molecular weight excluding hydrogens is 434 g/mol. The van der Waals surface area contributed by atoms with Gasteiger partial charge in [-0.2, -0.15) is 9.78 Å². The summed E-state index contributed by atoms with van der Waals surface area (Å²) in [7, 11) is 0. The van der Waals surface area contributed by atoms with Gasteiger partial charge in [0.15, 0.2) is 5.69 Å². The summed E-state index contributed by atoms with van der Waals surface area (Å²) in [5.41, 5.74) is 11.4. The van der Waals surface area contributed by atoms with Gasteiger partial charge in [0.05, 0.1) is 19.3 Å². The maximum Gasteiger partial charge on any atom is 0.294 e. The van der Waals surface area contributed by atoms with E-state index in [1.807, 2.05) is 12.1 Å². The Labute approximate surface area is 198 Å². The predicted octanol–water partition coefficient (Wildman–Crippen LogP) is 1.11. The highest BCUT2D eigenvalue weighted by Crippen LogP contribution is 2.22. The van der Waals surface area contributed by atoms with Gasteiger partial charge in [0, 0.05) is 0 Å². The number of likely N-dealkylation sites (tertiary alicyclic amines) is 1. The van der Waals surface area contributed by atoms with Gasteiger partial charge < -0.3 is 10.6 Å². The second-order valence-corrected chi connectivity index (χ2v) is 9.95. The number of piperidine rings is 1. The van der Waals surface area contributed by atoms with Crippen LogP contribution in [0, 0.1) is 5.92 Å². The molecule has 0 radical (unpaired) electrons. The molecule has 1 saturated heterocycles. The third-order valence-corrected chi connectivity index (χ3v) is 6.23. The van der Waals surface area contributed by atoms with Crippen LogP contribution < -0.4 is 16.1 Å². The first-order valence-electron chi connectivity index (χ1n) is 11.5. The summed E-state index contributed by atoms with van der Waals surface area (Å²) in [6.07, 6.45) is 3.86. The molecular formula is C23H32N9O2+. The van der Waals surface area contributed by atoms with Gasteiger partial charge in [0.2, 0.25) is 11.6 Å². The van der Waals surface area contributed by atoms with Gasteiger partial charge in [0.1, 0.15) is 12.2 Å². The highest BCUT2D eigenvalue weighted by molar-refractivity contribution is 5.94. The molecule has 1 aromatic carbocycles. The van der Waals surface area contributed by atoms with Crippen LogP contribution in [0.1, 0.15) is 67.8 Å². The molecule has 180 valence electrons. The molecule has 1 aliphatic heterocycles. The molecule has 1 aliphatic rings. The fraction of sp³-hybridized carbons (Fsp3) is 0.478. The third-order valence-electron chi connectivity index (χ3n) is 6.23. The fourth-order valence-corrected chi connectivity index (χ4v) is 4.02. The minimum absolute atomic E-state index is 0.0727. The van der Waals surface area contributed by atoms with E-state index in [0.717, 1.165) is 31.5 Å². The van der Waals surface area contributed by atoms with Crippen molar-refractivity contribution >= 4 is 17.9 Å². The normalized spacial score (nSPS) is 18.9. The molecule has 11 nitrogen and oxygen atoms in total. The van der Waals surface area contributed by atoms with E-state index in [-0.39, 0.29) is 22.7 Å². The SMILES string of the molecule is CC1CC[NH+](Cc2c(C(=O)N/N=C\c3ccc(C(C)(C)C)cc3)nnn2-c2nonc2N)CC1. The molecule has 3 heterocycles. The Morgan fingerprint density at radius 3 is 2.59 bits per heavy atom. The van der Waals surface area contributed by atoms with Crippen molar-refractivity contribution in [2.75, 3.05) is 18.8 Å². The van der Waals surface area contributed by atoms with E-state index in [1.54, 1.807) is 6.21 Å². The Morgan fingerprint density at radius 1 is 1.26 bits per heavy atom. The van der Waals surface area contributed by atoms with Crippen molar-refractivity contribution in [2.24, 2.45) is 11.0 Å². The van der Waals surface area contributed by atoms with Crippen molar-refractivity contribution < 1.29 is 14.3 Å². The van der Waals surface area contributed by atoms with Crippen LogP contribution >= 0.6 is 0 Å². The first-order chi connectivity index (χ1) is 16.2. The smallest absolute Gasteiger partial charge is 0.294 e. The maximum atomic E-state index is 13.0. The van der Waals surface area contributed by atoms with E-state index in [0.29, 0.717) is 18.2 Å². The van der Waals surface area contributed by atoms with Crippen molar-refractivity contribution in [3.05, 3.63) is 46.8 Å². The lowest BCUT2D eigenvalue weighted by atomic mass is 9.87. The average molecular weight is 467 g/mol. The van der Waals surface area contributed by atoms with Gasteiger partial charge in [-0.05, 0) is 45.6 Å². The number of anilines is 1. The van der Waals surface area contributed by atoms with Gasteiger partial charge in [-0.1, -0.05) is 57.2 Å². The first kappa shape index (κ1) is 23.6. The number of carbonyl (C=O) groups excluding carboxylic acids is 1. The molecule has 1 amide bonds.